The number of nitrogens with zero attached hydrogens (tertiary/aromatic N) is 5. The number of hydrogen-bond acceptors (Lipinski definition) is 6. The lowest BCUT2D eigenvalue weighted by atomic mass is 9.97. The molecule has 1 spiro atoms. The van der Waals surface area contributed by atoms with Gasteiger partial charge in [0, 0.05) is 32.4 Å². The van der Waals surface area contributed by atoms with Crippen molar-refractivity contribution in [2.75, 3.05) is 56.6 Å². The number of rotatable bonds is 7. The molecule has 0 radical (unpaired) electrons. The van der Waals surface area contributed by atoms with Crippen LogP contribution < -0.4 is 4.90 Å². The van der Waals surface area contributed by atoms with E-state index in [4.69, 9.17) is 4.74 Å². The normalized spacial score (nSPS) is 25.8. The minimum atomic E-state index is -4.27. The van der Waals surface area contributed by atoms with Gasteiger partial charge in [-0.2, -0.15) is 13.2 Å². The third kappa shape index (κ3) is 4.88. The largest absolute Gasteiger partial charge is 0.416 e. The van der Waals surface area contributed by atoms with Crippen LogP contribution in [-0.4, -0.2) is 71.4 Å². The van der Waals surface area contributed by atoms with E-state index >= 15 is 0 Å². The molecule has 33 heavy (non-hydrogen) atoms. The maximum Gasteiger partial charge on any atom is 0.416 e. The summed E-state index contributed by atoms with van der Waals surface area (Å²) in [7, 11) is 2.02. The summed E-state index contributed by atoms with van der Waals surface area (Å²) in [4.78, 5) is 4.73. The van der Waals surface area contributed by atoms with Gasteiger partial charge in [0.25, 0.3) is 0 Å². The number of halogens is 3. The second kappa shape index (κ2) is 9.11. The molecule has 1 aromatic heterocycles. The van der Waals surface area contributed by atoms with Gasteiger partial charge in [0.2, 0.25) is 5.95 Å². The van der Waals surface area contributed by atoms with E-state index in [1.807, 2.05) is 7.05 Å². The third-order valence-corrected chi connectivity index (χ3v) is 8.36. The Balaban J connectivity index is 1.06. The quantitative estimate of drug-likeness (QED) is 0.440. The van der Waals surface area contributed by atoms with Crippen LogP contribution in [0.2, 0.25) is 0 Å². The monoisotopic (exact) mass is 481 g/mol. The lowest BCUT2D eigenvalue weighted by molar-refractivity contribution is -0.137. The molecule has 1 saturated carbocycles. The maximum absolute atomic E-state index is 12.8. The Kier molecular flexibility index (Phi) is 6.35. The van der Waals surface area contributed by atoms with Gasteiger partial charge in [-0.1, -0.05) is 23.9 Å². The topological polar surface area (TPSA) is 46.4 Å². The Morgan fingerprint density at radius 2 is 1.88 bits per heavy atom. The van der Waals surface area contributed by atoms with Crippen LogP contribution in [0.25, 0.3) is 0 Å². The van der Waals surface area contributed by atoms with E-state index in [0.717, 1.165) is 87.6 Å². The molecule has 10 heteroatoms. The van der Waals surface area contributed by atoms with Gasteiger partial charge in [0.05, 0.1) is 18.8 Å². The molecule has 0 N–H and O–H groups in total. The van der Waals surface area contributed by atoms with Crippen molar-refractivity contribution in [1.82, 2.24) is 19.7 Å². The van der Waals surface area contributed by atoms with Crippen LogP contribution in [0, 0.1) is 5.41 Å². The minimum Gasteiger partial charge on any atom is -0.378 e. The van der Waals surface area contributed by atoms with Crippen LogP contribution in [0.5, 0.6) is 0 Å². The van der Waals surface area contributed by atoms with Gasteiger partial charge in [0.1, 0.15) is 0 Å². The first-order chi connectivity index (χ1) is 15.9. The first-order valence-corrected chi connectivity index (χ1v) is 12.6. The van der Waals surface area contributed by atoms with E-state index in [2.05, 4.69) is 24.6 Å². The summed E-state index contributed by atoms with van der Waals surface area (Å²) in [5.41, 5.74) is 0.758. The smallest absolute Gasteiger partial charge is 0.378 e. The lowest BCUT2D eigenvalue weighted by Gasteiger charge is -2.27. The first kappa shape index (κ1) is 23.0. The molecule has 2 aliphatic heterocycles. The molecule has 0 amide bonds. The number of thioether (sulfide) groups is 1. The zero-order chi connectivity index (χ0) is 23.1. The molecule has 5 rings (SSSR count). The number of ether oxygens (including phenoxy) is 1. The molecule has 2 atom stereocenters. The van der Waals surface area contributed by atoms with Crippen molar-refractivity contribution in [2.45, 2.75) is 36.5 Å². The Hall–Kier alpha value is -1.78. The minimum absolute atomic E-state index is 0.267. The van der Waals surface area contributed by atoms with Crippen molar-refractivity contribution < 1.29 is 17.9 Å². The maximum atomic E-state index is 12.8. The number of anilines is 1. The molecule has 6 nitrogen and oxygen atoms in total. The number of alkyl halides is 3. The van der Waals surface area contributed by atoms with E-state index in [1.165, 1.54) is 12.1 Å². The second-order valence-corrected chi connectivity index (χ2v) is 10.5. The fourth-order valence-electron chi connectivity index (χ4n) is 5.27. The fraction of sp³-hybridized carbons (Fsp3) is 0.652. The summed E-state index contributed by atoms with van der Waals surface area (Å²) in [6.07, 6.45) is -0.965. The van der Waals surface area contributed by atoms with Crippen molar-refractivity contribution >= 4 is 17.7 Å². The number of benzene rings is 1. The van der Waals surface area contributed by atoms with Gasteiger partial charge < -0.3 is 14.5 Å². The predicted octanol–water partition coefficient (Wildman–Crippen LogP) is 4.03. The highest BCUT2D eigenvalue weighted by atomic mass is 32.2. The predicted molar refractivity (Wildman–Crippen MR) is 122 cm³/mol. The number of aromatic nitrogens is 3. The Bertz CT molecular complexity index is 960. The summed E-state index contributed by atoms with van der Waals surface area (Å²) >= 11 is 1.74. The highest BCUT2D eigenvalue weighted by Gasteiger charge is 2.57. The number of hydrogen-bond donors (Lipinski definition) is 0. The zero-order valence-electron chi connectivity index (χ0n) is 18.9. The van der Waals surface area contributed by atoms with Gasteiger partial charge >= 0.3 is 6.18 Å². The molecular formula is C23H30F3N5OS. The molecule has 0 bridgehead atoms. The lowest BCUT2D eigenvalue weighted by Crippen LogP contribution is -2.37. The molecule has 3 heterocycles. The molecular weight excluding hydrogens is 451 g/mol. The fourth-order valence-corrected chi connectivity index (χ4v) is 6.10. The van der Waals surface area contributed by atoms with Crippen molar-refractivity contribution in [2.24, 2.45) is 12.5 Å². The zero-order valence-corrected chi connectivity index (χ0v) is 19.7. The van der Waals surface area contributed by atoms with Crippen LogP contribution >= 0.6 is 11.8 Å². The molecule has 3 fully saturated rings. The highest BCUT2D eigenvalue weighted by Crippen LogP contribution is 2.64. The molecule has 2 aromatic rings. The van der Waals surface area contributed by atoms with Gasteiger partial charge in [-0.15, -0.1) is 10.2 Å². The van der Waals surface area contributed by atoms with E-state index in [1.54, 1.807) is 23.9 Å². The number of likely N-dealkylation sites (tertiary alicyclic amines) is 1. The van der Waals surface area contributed by atoms with E-state index < -0.39 is 11.7 Å². The van der Waals surface area contributed by atoms with Crippen molar-refractivity contribution in [3.8, 4) is 0 Å². The summed E-state index contributed by atoms with van der Waals surface area (Å²) in [6.45, 7) is 6.32. The highest BCUT2D eigenvalue weighted by molar-refractivity contribution is 7.99. The van der Waals surface area contributed by atoms with Crippen LogP contribution in [-0.2, 0) is 18.0 Å². The summed E-state index contributed by atoms with van der Waals surface area (Å²) in [6, 6.07) is 5.80. The van der Waals surface area contributed by atoms with Gasteiger partial charge in [-0.3, -0.25) is 4.57 Å². The third-order valence-electron chi connectivity index (χ3n) is 7.25. The standard InChI is InChI=1S/C23H30F3N5OS/c1-29-20(31-10-12-32-13-11-31)27-28-21(29)33-14-2-8-30-9-7-22(16-30)15-19(22)17-3-5-18(6-4-17)23(24,25)26/h3-6,19H,2,7-16H2,1H3/t19-,22-/m0/s1. The summed E-state index contributed by atoms with van der Waals surface area (Å²) in [5.74, 6) is 2.29. The molecule has 0 unspecified atom stereocenters. The van der Waals surface area contributed by atoms with Crippen LogP contribution in [0.4, 0.5) is 19.1 Å². The molecule has 3 aliphatic rings. The van der Waals surface area contributed by atoms with Crippen molar-refractivity contribution in [3.05, 3.63) is 35.4 Å². The van der Waals surface area contributed by atoms with Crippen LogP contribution in [0.1, 0.15) is 36.3 Å². The van der Waals surface area contributed by atoms with Gasteiger partial charge in [0.15, 0.2) is 5.16 Å². The van der Waals surface area contributed by atoms with Crippen molar-refractivity contribution in [1.29, 1.82) is 0 Å². The average molecular weight is 482 g/mol. The molecule has 1 aromatic carbocycles. The Morgan fingerprint density at radius 3 is 2.61 bits per heavy atom. The molecule has 180 valence electrons. The van der Waals surface area contributed by atoms with Gasteiger partial charge in [-0.25, -0.2) is 0 Å². The summed E-state index contributed by atoms with van der Waals surface area (Å²) in [5, 5.41) is 9.68. The van der Waals surface area contributed by atoms with Crippen molar-refractivity contribution in [3.63, 3.8) is 0 Å². The SMILES string of the molecule is Cn1c(SCCCN2CC[C@]3(C[C@H]3c3ccc(C(F)(F)F)cc3)C2)nnc1N1CCOCC1. The van der Waals surface area contributed by atoms with Crippen LogP contribution in [0.3, 0.4) is 0 Å². The average Bonchev–Trinajstić information content (AvgIpc) is 3.15. The second-order valence-electron chi connectivity index (χ2n) is 9.41. The number of morpholine rings is 1. The molecule has 2 saturated heterocycles. The Labute approximate surface area is 196 Å². The summed E-state index contributed by atoms with van der Waals surface area (Å²) < 4.78 is 46.0. The van der Waals surface area contributed by atoms with Gasteiger partial charge in [-0.05, 0) is 61.4 Å². The Morgan fingerprint density at radius 1 is 1.12 bits per heavy atom. The van der Waals surface area contributed by atoms with E-state index in [-0.39, 0.29) is 5.41 Å². The van der Waals surface area contributed by atoms with Crippen LogP contribution in [0.15, 0.2) is 29.4 Å². The first-order valence-electron chi connectivity index (χ1n) is 11.6. The van der Waals surface area contributed by atoms with E-state index in [9.17, 15) is 13.2 Å². The molecule has 1 aliphatic carbocycles. The van der Waals surface area contributed by atoms with E-state index in [0.29, 0.717) is 5.92 Å².